The van der Waals surface area contributed by atoms with Gasteiger partial charge in [0.25, 0.3) is 5.91 Å². The molecule has 1 unspecified atom stereocenters. The molecule has 1 amide bonds. The monoisotopic (exact) mass is 351 g/mol. The van der Waals surface area contributed by atoms with E-state index in [2.05, 4.69) is 5.32 Å². The summed E-state index contributed by atoms with van der Waals surface area (Å²) in [5.41, 5.74) is 2.99. The molecule has 1 atom stereocenters. The highest BCUT2D eigenvalue weighted by Crippen LogP contribution is 2.40. The van der Waals surface area contributed by atoms with Crippen molar-refractivity contribution >= 4 is 17.5 Å². The summed E-state index contributed by atoms with van der Waals surface area (Å²) in [6, 6.07) is 7.76. The van der Waals surface area contributed by atoms with Gasteiger partial charge in [0.15, 0.2) is 11.6 Å². The predicted molar refractivity (Wildman–Crippen MR) is 101 cm³/mol. The fraction of sp³-hybridized carbons (Fsp3) is 0.409. The highest BCUT2D eigenvalue weighted by atomic mass is 16.2. The second-order valence-electron chi connectivity index (χ2n) is 8.19. The standard InChI is InChI=1S/C22H25NO3/c1-13-8-10-14(11-9-13)19-15-6-5-7-18(24)16(15)12-17(20(19)25)21(26)23-22(2,3)4/h8-12,19H,5-7H2,1-4H3,(H,23,26). The van der Waals surface area contributed by atoms with E-state index in [9.17, 15) is 14.4 Å². The molecule has 136 valence electrons. The first-order valence-electron chi connectivity index (χ1n) is 9.08. The summed E-state index contributed by atoms with van der Waals surface area (Å²) in [4.78, 5) is 38.4. The number of Topliss-reactive ketones (excluding diaryl/α,β-unsaturated/α-hetero) is 2. The first kappa shape index (κ1) is 18.3. The largest absolute Gasteiger partial charge is 0.347 e. The molecule has 1 aromatic carbocycles. The van der Waals surface area contributed by atoms with E-state index in [1.54, 1.807) is 0 Å². The van der Waals surface area contributed by atoms with E-state index in [0.717, 1.165) is 29.5 Å². The predicted octanol–water partition coefficient (Wildman–Crippen LogP) is 3.55. The van der Waals surface area contributed by atoms with Crippen molar-refractivity contribution in [3.8, 4) is 0 Å². The van der Waals surface area contributed by atoms with Gasteiger partial charge in [-0.05, 0) is 57.7 Å². The molecule has 3 rings (SSSR count). The summed E-state index contributed by atoms with van der Waals surface area (Å²) >= 11 is 0. The lowest BCUT2D eigenvalue weighted by atomic mass is 9.72. The molecule has 0 saturated heterocycles. The molecule has 4 heteroatoms. The average Bonchev–Trinajstić information content (AvgIpc) is 2.54. The third-order valence-corrected chi connectivity index (χ3v) is 4.80. The molecule has 4 nitrogen and oxygen atoms in total. The molecule has 2 aliphatic carbocycles. The van der Waals surface area contributed by atoms with Crippen LogP contribution in [0.1, 0.15) is 57.1 Å². The van der Waals surface area contributed by atoms with Crippen molar-refractivity contribution in [3.05, 3.63) is 58.2 Å². The zero-order chi connectivity index (χ0) is 19.1. The lowest BCUT2D eigenvalue weighted by Crippen LogP contribution is -2.44. The molecule has 0 bridgehead atoms. The first-order valence-corrected chi connectivity index (χ1v) is 9.08. The summed E-state index contributed by atoms with van der Waals surface area (Å²) in [7, 11) is 0. The van der Waals surface area contributed by atoms with Crippen LogP contribution in [0.15, 0.2) is 47.1 Å². The van der Waals surface area contributed by atoms with Crippen LogP contribution in [0.25, 0.3) is 0 Å². The Morgan fingerprint density at radius 2 is 1.73 bits per heavy atom. The van der Waals surface area contributed by atoms with Gasteiger partial charge in [-0.1, -0.05) is 29.8 Å². The van der Waals surface area contributed by atoms with Gasteiger partial charge >= 0.3 is 0 Å². The Labute approximate surface area is 154 Å². The van der Waals surface area contributed by atoms with E-state index in [1.165, 1.54) is 6.08 Å². The third-order valence-electron chi connectivity index (χ3n) is 4.80. The van der Waals surface area contributed by atoms with Crippen LogP contribution in [-0.4, -0.2) is 23.0 Å². The van der Waals surface area contributed by atoms with Crippen LogP contribution < -0.4 is 5.32 Å². The zero-order valence-corrected chi connectivity index (χ0v) is 15.8. The molecule has 0 heterocycles. The van der Waals surface area contributed by atoms with E-state index in [-0.39, 0.29) is 17.1 Å². The summed E-state index contributed by atoms with van der Waals surface area (Å²) < 4.78 is 0. The van der Waals surface area contributed by atoms with E-state index < -0.39 is 17.4 Å². The number of nitrogens with one attached hydrogen (secondary N) is 1. The minimum Gasteiger partial charge on any atom is -0.347 e. The number of carbonyl (C=O) groups excluding carboxylic acids is 3. The summed E-state index contributed by atoms with van der Waals surface area (Å²) in [5, 5.41) is 2.85. The number of hydrogen-bond donors (Lipinski definition) is 1. The number of benzene rings is 1. The van der Waals surface area contributed by atoms with Gasteiger partial charge in [-0.15, -0.1) is 0 Å². The second kappa shape index (κ2) is 6.67. The molecule has 0 saturated carbocycles. The molecule has 0 fully saturated rings. The zero-order valence-electron chi connectivity index (χ0n) is 15.8. The molecule has 0 aliphatic heterocycles. The van der Waals surface area contributed by atoms with E-state index in [4.69, 9.17) is 0 Å². The first-order chi connectivity index (χ1) is 12.2. The van der Waals surface area contributed by atoms with E-state index in [1.807, 2.05) is 52.0 Å². The Morgan fingerprint density at radius 1 is 1.08 bits per heavy atom. The van der Waals surface area contributed by atoms with Gasteiger partial charge < -0.3 is 5.32 Å². The molecule has 0 radical (unpaired) electrons. The van der Waals surface area contributed by atoms with E-state index >= 15 is 0 Å². The SMILES string of the molecule is Cc1ccc(C2C(=O)C(C(=O)NC(C)(C)C)=CC3=C2CCCC3=O)cc1. The summed E-state index contributed by atoms with van der Waals surface area (Å²) in [6.45, 7) is 7.59. The Bertz CT molecular complexity index is 835. The van der Waals surface area contributed by atoms with Crippen molar-refractivity contribution in [2.45, 2.75) is 58.4 Å². The van der Waals surface area contributed by atoms with Crippen LogP contribution in [-0.2, 0) is 14.4 Å². The minimum atomic E-state index is -0.541. The lowest BCUT2D eigenvalue weighted by molar-refractivity contribution is -0.123. The highest BCUT2D eigenvalue weighted by Gasteiger charge is 2.39. The molecule has 1 N–H and O–H groups in total. The van der Waals surface area contributed by atoms with E-state index in [0.29, 0.717) is 12.0 Å². The van der Waals surface area contributed by atoms with Crippen LogP contribution >= 0.6 is 0 Å². The van der Waals surface area contributed by atoms with Crippen molar-refractivity contribution in [3.63, 3.8) is 0 Å². The van der Waals surface area contributed by atoms with Gasteiger partial charge in [-0.3, -0.25) is 14.4 Å². The summed E-state index contributed by atoms with van der Waals surface area (Å²) in [5.74, 6) is -1.15. The number of carbonyl (C=O) groups is 3. The minimum absolute atomic E-state index is 0.0249. The molecule has 26 heavy (non-hydrogen) atoms. The van der Waals surface area contributed by atoms with Gasteiger partial charge in [0, 0.05) is 17.5 Å². The van der Waals surface area contributed by atoms with Crippen LogP contribution in [0, 0.1) is 6.92 Å². The number of amides is 1. The molecular formula is C22H25NO3. The van der Waals surface area contributed by atoms with Crippen molar-refractivity contribution < 1.29 is 14.4 Å². The maximum Gasteiger partial charge on any atom is 0.255 e. The van der Waals surface area contributed by atoms with Crippen LogP contribution in [0.4, 0.5) is 0 Å². The van der Waals surface area contributed by atoms with Crippen molar-refractivity contribution in [1.29, 1.82) is 0 Å². The van der Waals surface area contributed by atoms with Crippen molar-refractivity contribution in [2.24, 2.45) is 0 Å². The summed E-state index contributed by atoms with van der Waals surface area (Å²) in [6.07, 6.45) is 3.46. The fourth-order valence-electron chi connectivity index (χ4n) is 3.59. The van der Waals surface area contributed by atoms with Gasteiger partial charge in [0.05, 0.1) is 11.5 Å². The van der Waals surface area contributed by atoms with Crippen LogP contribution in [0.2, 0.25) is 0 Å². The normalized spacial score (nSPS) is 20.6. The van der Waals surface area contributed by atoms with Crippen molar-refractivity contribution in [2.75, 3.05) is 0 Å². The molecule has 2 aliphatic rings. The average molecular weight is 351 g/mol. The van der Waals surface area contributed by atoms with Gasteiger partial charge in [0.2, 0.25) is 0 Å². The Morgan fingerprint density at radius 3 is 2.35 bits per heavy atom. The number of ketones is 2. The highest BCUT2D eigenvalue weighted by molar-refractivity contribution is 6.25. The number of aryl methyl sites for hydroxylation is 1. The number of hydrogen-bond acceptors (Lipinski definition) is 3. The number of rotatable bonds is 2. The third kappa shape index (κ3) is 3.55. The Kier molecular flexibility index (Phi) is 4.70. The molecule has 0 aromatic heterocycles. The van der Waals surface area contributed by atoms with Crippen LogP contribution in [0.3, 0.4) is 0 Å². The van der Waals surface area contributed by atoms with Gasteiger partial charge in [-0.25, -0.2) is 0 Å². The van der Waals surface area contributed by atoms with Gasteiger partial charge in [0.1, 0.15) is 0 Å². The smallest absolute Gasteiger partial charge is 0.255 e. The lowest BCUT2D eigenvalue weighted by Gasteiger charge is -2.31. The second-order valence-corrected chi connectivity index (χ2v) is 8.19. The quantitative estimate of drug-likeness (QED) is 0.829. The Hall–Kier alpha value is -2.49. The fourth-order valence-corrected chi connectivity index (χ4v) is 3.59. The van der Waals surface area contributed by atoms with Gasteiger partial charge in [-0.2, -0.15) is 0 Å². The number of allylic oxidation sites excluding steroid dienone is 3. The maximum atomic E-state index is 13.2. The van der Waals surface area contributed by atoms with Crippen molar-refractivity contribution in [1.82, 2.24) is 5.32 Å². The Balaban J connectivity index is 2.09. The molecule has 0 spiro atoms. The van der Waals surface area contributed by atoms with Crippen LogP contribution in [0.5, 0.6) is 0 Å². The molecular weight excluding hydrogens is 326 g/mol. The molecule has 1 aromatic rings. The topological polar surface area (TPSA) is 63.2 Å². The maximum absolute atomic E-state index is 13.2.